The standard InChI is InChI=1S/C25H25ClF2N4O3/c1-4-14-9-24(10-25(27,28)11-24)23-31-19-15(7-12(2)8-16(19)21(33)32(14)23)13(3)29-17-5-6-18(26)30-20(17)22(34)35/h5-8,13-14,29H,4,9-11H2,1-3H3,(H,34,35)/t13-,14-/m1/s1. The molecule has 2 atom stereocenters. The largest absolute Gasteiger partial charge is 0.476 e. The summed E-state index contributed by atoms with van der Waals surface area (Å²) in [6, 6.07) is 6.04. The van der Waals surface area contributed by atoms with Crippen molar-refractivity contribution in [1.82, 2.24) is 14.5 Å². The summed E-state index contributed by atoms with van der Waals surface area (Å²) in [5, 5.41) is 13.2. The van der Waals surface area contributed by atoms with Crippen molar-refractivity contribution >= 4 is 34.2 Å². The number of benzene rings is 1. The Morgan fingerprint density at radius 1 is 1.31 bits per heavy atom. The number of pyridine rings is 1. The number of nitrogens with one attached hydrogen (secondary N) is 1. The first kappa shape index (κ1) is 23.7. The van der Waals surface area contributed by atoms with E-state index in [1.165, 1.54) is 12.1 Å². The van der Waals surface area contributed by atoms with Crippen LogP contribution in [0.3, 0.4) is 0 Å². The van der Waals surface area contributed by atoms with Gasteiger partial charge in [0.05, 0.1) is 22.6 Å². The summed E-state index contributed by atoms with van der Waals surface area (Å²) in [5.74, 6) is -3.55. The van der Waals surface area contributed by atoms with E-state index in [2.05, 4.69) is 10.3 Å². The van der Waals surface area contributed by atoms with Gasteiger partial charge in [0, 0.05) is 29.9 Å². The number of hydrogen-bond acceptors (Lipinski definition) is 5. The van der Waals surface area contributed by atoms with Gasteiger partial charge in [-0.25, -0.2) is 23.5 Å². The molecule has 35 heavy (non-hydrogen) atoms. The topological polar surface area (TPSA) is 97.1 Å². The number of alkyl halides is 2. The van der Waals surface area contributed by atoms with Crippen LogP contribution in [0, 0.1) is 6.92 Å². The van der Waals surface area contributed by atoms with Crippen LogP contribution < -0.4 is 10.9 Å². The summed E-state index contributed by atoms with van der Waals surface area (Å²) < 4.78 is 29.7. The zero-order valence-corrected chi connectivity index (χ0v) is 20.3. The molecule has 1 saturated carbocycles. The molecule has 3 heterocycles. The third-order valence-corrected chi connectivity index (χ3v) is 7.42. The Bertz CT molecular complexity index is 1430. The summed E-state index contributed by atoms with van der Waals surface area (Å²) >= 11 is 5.87. The highest BCUT2D eigenvalue weighted by molar-refractivity contribution is 6.29. The molecule has 10 heteroatoms. The highest BCUT2D eigenvalue weighted by Crippen LogP contribution is 2.59. The van der Waals surface area contributed by atoms with Gasteiger partial charge in [-0.1, -0.05) is 24.6 Å². The van der Waals surface area contributed by atoms with E-state index in [9.17, 15) is 23.5 Å². The Kier molecular flexibility index (Phi) is 5.39. The number of hydrogen-bond donors (Lipinski definition) is 2. The molecule has 3 aromatic rings. The minimum Gasteiger partial charge on any atom is -0.476 e. The lowest BCUT2D eigenvalue weighted by atomic mass is 9.64. The Hall–Kier alpha value is -3.07. The Morgan fingerprint density at radius 2 is 2.03 bits per heavy atom. The predicted octanol–water partition coefficient (Wildman–Crippen LogP) is 5.65. The van der Waals surface area contributed by atoms with Crippen LogP contribution in [0.4, 0.5) is 14.5 Å². The summed E-state index contributed by atoms with van der Waals surface area (Å²) in [4.78, 5) is 34.1. The molecule has 0 radical (unpaired) electrons. The van der Waals surface area contributed by atoms with E-state index in [0.29, 0.717) is 35.1 Å². The number of carboxylic acids is 1. The van der Waals surface area contributed by atoms with E-state index in [-0.39, 0.29) is 41.0 Å². The van der Waals surface area contributed by atoms with Crippen LogP contribution in [0.25, 0.3) is 10.9 Å². The molecule has 1 aromatic carbocycles. The lowest BCUT2D eigenvalue weighted by molar-refractivity contribution is -0.128. The minimum absolute atomic E-state index is 0.0555. The Balaban J connectivity index is 1.66. The monoisotopic (exact) mass is 502 g/mol. The van der Waals surface area contributed by atoms with Gasteiger partial charge >= 0.3 is 5.97 Å². The Labute approximate surface area is 205 Å². The second kappa shape index (κ2) is 7.98. The fourth-order valence-corrected chi connectivity index (χ4v) is 5.90. The van der Waals surface area contributed by atoms with E-state index in [0.717, 1.165) is 5.56 Å². The number of nitrogens with zero attached hydrogens (tertiary/aromatic N) is 3. The molecular weight excluding hydrogens is 478 g/mol. The number of fused-ring (bicyclic) bond motifs is 3. The number of carbonyl (C=O) groups is 1. The summed E-state index contributed by atoms with van der Waals surface area (Å²) in [5.41, 5.74) is 0.974. The van der Waals surface area contributed by atoms with Crippen molar-refractivity contribution in [2.75, 3.05) is 5.32 Å². The third-order valence-electron chi connectivity index (χ3n) is 7.21. The lowest BCUT2D eigenvalue weighted by Gasteiger charge is -2.44. The van der Waals surface area contributed by atoms with Crippen molar-refractivity contribution < 1.29 is 18.7 Å². The van der Waals surface area contributed by atoms with Gasteiger partial charge in [-0.05, 0) is 50.5 Å². The third kappa shape index (κ3) is 3.76. The normalized spacial score (nSPS) is 20.5. The maximum absolute atomic E-state index is 14.0. The SMILES string of the molecule is CC[C@@H]1CC2(CC(F)(F)C2)c2nc3c([C@@H](C)Nc4ccc(Cl)nc4C(=O)O)cc(C)cc3c(=O)n21. The van der Waals surface area contributed by atoms with Crippen LogP contribution in [0.15, 0.2) is 29.1 Å². The van der Waals surface area contributed by atoms with Crippen LogP contribution >= 0.6 is 11.6 Å². The molecule has 0 amide bonds. The Morgan fingerprint density at radius 3 is 2.66 bits per heavy atom. The molecule has 0 unspecified atom stereocenters. The molecule has 2 N–H and O–H groups in total. The molecule has 1 fully saturated rings. The van der Waals surface area contributed by atoms with Crippen molar-refractivity contribution in [2.24, 2.45) is 0 Å². The molecule has 1 spiro atoms. The molecular formula is C25H25ClF2N4O3. The average Bonchev–Trinajstić information content (AvgIpc) is 3.08. The van der Waals surface area contributed by atoms with Gasteiger partial charge < -0.3 is 10.4 Å². The van der Waals surface area contributed by atoms with Crippen LogP contribution in [-0.2, 0) is 5.41 Å². The van der Waals surface area contributed by atoms with Crippen LogP contribution in [0.1, 0.15) is 79.1 Å². The summed E-state index contributed by atoms with van der Waals surface area (Å²) in [7, 11) is 0. The van der Waals surface area contributed by atoms with Crippen molar-refractivity contribution in [3.05, 3.63) is 62.4 Å². The van der Waals surface area contributed by atoms with Crippen LogP contribution in [0.5, 0.6) is 0 Å². The quantitative estimate of drug-likeness (QED) is 0.438. The second-order valence-corrected chi connectivity index (χ2v) is 10.2. The first-order chi connectivity index (χ1) is 16.4. The summed E-state index contributed by atoms with van der Waals surface area (Å²) in [6.07, 6.45) is 0.535. The molecule has 1 aliphatic heterocycles. The molecule has 1 aliphatic carbocycles. The zero-order chi connectivity index (χ0) is 25.3. The molecule has 0 saturated heterocycles. The zero-order valence-electron chi connectivity index (χ0n) is 19.5. The number of anilines is 1. The number of aryl methyl sites for hydroxylation is 1. The van der Waals surface area contributed by atoms with Gasteiger partial charge in [0.15, 0.2) is 5.69 Å². The van der Waals surface area contributed by atoms with Gasteiger partial charge in [-0.3, -0.25) is 9.36 Å². The fourth-order valence-electron chi connectivity index (χ4n) is 5.75. The van der Waals surface area contributed by atoms with Gasteiger partial charge in [0.25, 0.3) is 5.56 Å². The number of aromatic nitrogens is 3. The lowest BCUT2D eigenvalue weighted by Crippen LogP contribution is -2.49. The van der Waals surface area contributed by atoms with Crippen molar-refractivity contribution in [1.29, 1.82) is 0 Å². The molecule has 184 valence electrons. The van der Waals surface area contributed by atoms with Gasteiger partial charge in [-0.15, -0.1) is 0 Å². The number of rotatable bonds is 5. The van der Waals surface area contributed by atoms with E-state index in [1.54, 1.807) is 10.6 Å². The van der Waals surface area contributed by atoms with Gasteiger partial charge in [0.1, 0.15) is 11.0 Å². The highest BCUT2D eigenvalue weighted by atomic mass is 35.5. The van der Waals surface area contributed by atoms with E-state index < -0.39 is 23.3 Å². The van der Waals surface area contributed by atoms with Crippen LogP contribution in [-0.4, -0.2) is 31.5 Å². The molecule has 5 rings (SSSR count). The first-order valence-electron chi connectivity index (χ1n) is 11.6. The van der Waals surface area contributed by atoms with Gasteiger partial charge in [0.2, 0.25) is 5.92 Å². The van der Waals surface area contributed by atoms with Crippen LogP contribution in [0.2, 0.25) is 5.15 Å². The molecule has 0 bridgehead atoms. The van der Waals surface area contributed by atoms with Crippen molar-refractivity contribution in [3.63, 3.8) is 0 Å². The first-order valence-corrected chi connectivity index (χ1v) is 11.9. The maximum Gasteiger partial charge on any atom is 0.356 e. The smallest absolute Gasteiger partial charge is 0.356 e. The predicted molar refractivity (Wildman–Crippen MR) is 129 cm³/mol. The van der Waals surface area contributed by atoms with Crippen molar-refractivity contribution in [2.45, 2.75) is 69.9 Å². The fraction of sp³-hybridized carbons (Fsp3) is 0.440. The van der Waals surface area contributed by atoms with Crippen molar-refractivity contribution in [3.8, 4) is 0 Å². The number of carboxylic acid groups (broad SMARTS) is 1. The second-order valence-electron chi connectivity index (χ2n) is 9.82. The van der Waals surface area contributed by atoms with E-state index in [4.69, 9.17) is 16.6 Å². The maximum atomic E-state index is 14.0. The average molecular weight is 503 g/mol. The highest BCUT2D eigenvalue weighted by Gasteiger charge is 2.62. The minimum atomic E-state index is -2.75. The number of aromatic carboxylic acids is 1. The van der Waals surface area contributed by atoms with Gasteiger partial charge in [-0.2, -0.15) is 0 Å². The molecule has 2 aromatic heterocycles. The van der Waals surface area contributed by atoms with E-state index >= 15 is 0 Å². The van der Waals surface area contributed by atoms with E-state index in [1.807, 2.05) is 26.8 Å². The molecule has 2 aliphatic rings. The number of halogens is 3. The molecule has 7 nitrogen and oxygen atoms in total. The summed E-state index contributed by atoms with van der Waals surface area (Å²) in [6.45, 7) is 5.64.